The Kier molecular flexibility index (Phi) is 5.80. The van der Waals surface area contributed by atoms with E-state index in [9.17, 15) is 4.39 Å². The molecule has 1 aliphatic rings. The number of hydrogen-bond acceptors (Lipinski definition) is 2. The SMILES string of the molecule is CCCNC(CCN1CCCC1)c1ccccc1F. The summed E-state index contributed by atoms with van der Waals surface area (Å²) in [6, 6.07) is 7.30. The van der Waals surface area contributed by atoms with Crippen molar-refractivity contribution in [2.45, 2.75) is 38.6 Å². The van der Waals surface area contributed by atoms with Crippen molar-refractivity contribution in [2.24, 2.45) is 0 Å². The van der Waals surface area contributed by atoms with Crippen LogP contribution in [0.5, 0.6) is 0 Å². The van der Waals surface area contributed by atoms with Crippen molar-refractivity contribution in [3.8, 4) is 0 Å². The summed E-state index contributed by atoms with van der Waals surface area (Å²) in [7, 11) is 0. The van der Waals surface area contributed by atoms with Crippen molar-refractivity contribution < 1.29 is 4.39 Å². The summed E-state index contributed by atoms with van der Waals surface area (Å²) in [5, 5.41) is 3.48. The molecule has 1 heterocycles. The van der Waals surface area contributed by atoms with E-state index in [0.717, 1.165) is 31.5 Å². The van der Waals surface area contributed by atoms with Gasteiger partial charge in [0.1, 0.15) is 5.82 Å². The molecule has 1 aromatic rings. The van der Waals surface area contributed by atoms with Gasteiger partial charge in [-0.1, -0.05) is 25.1 Å². The molecule has 0 bridgehead atoms. The molecule has 2 rings (SSSR count). The fourth-order valence-electron chi connectivity index (χ4n) is 2.76. The van der Waals surface area contributed by atoms with Crippen LogP contribution in [-0.4, -0.2) is 31.1 Å². The number of nitrogens with zero attached hydrogens (tertiary/aromatic N) is 1. The first-order valence-corrected chi connectivity index (χ1v) is 7.51. The van der Waals surface area contributed by atoms with Gasteiger partial charge in [-0.25, -0.2) is 4.39 Å². The van der Waals surface area contributed by atoms with Crippen LogP contribution in [0.2, 0.25) is 0 Å². The van der Waals surface area contributed by atoms with Gasteiger partial charge < -0.3 is 10.2 Å². The lowest BCUT2D eigenvalue weighted by Gasteiger charge is -2.23. The molecule has 1 aromatic carbocycles. The van der Waals surface area contributed by atoms with Crippen molar-refractivity contribution in [2.75, 3.05) is 26.2 Å². The van der Waals surface area contributed by atoms with Crippen LogP contribution in [0.4, 0.5) is 4.39 Å². The minimum Gasteiger partial charge on any atom is -0.310 e. The lowest BCUT2D eigenvalue weighted by Crippen LogP contribution is -2.28. The standard InChI is InChI=1S/C16H25FN2/c1-2-10-18-16(9-13-19-11-5-6-12-19)14-7-3-4-8-15(14)17/h3-4,7-8,16,18H,2,5-6,9-13H2,1H3. The summed E-state index contributed by atoms with van der Waals surface area (Å²) in [5.74, 6) is -0.0856. The average Bonchev–Trinajstić information content (AvgIpc) is 2.93. The summed E-state index contributed by atoms with van der Waals surface area (Å²) in [4.78, 5) is 2.49. The van der Waals surface area contributed by atoms with Crippen molar-refractivity contribution in [1.82, 2.24) is 10.2 Å². The minimum absolute atomic E-state index is 0.0856. The van der Waals surface area contributed by atoms with E-state index in [2.05, 4.69) is 17.1 Å². The van der Waals surface area contributed by atoms with Gasteiger partial charge in [-0.05, 0) is 57.9 Å². The number of rotatable bonds is 7. The molecule has 0 saturated carbocycles. The summed E-state index contributed by atoms with van der Waals surface area (Å²) in [6.45, 7) is 6.57. The summed E-state index contributed by atoms with van der Waals surface area (Å²) >= 11 is 0. The van der Waals surface area contributed by atoms with Gasteiger partial charge in [-0.2, -0.15) is 0 Å². The second-order valence-electron chi connectivity index (χ2n) is 5.37. The molecular formula is C16H25FN2. The van der Waals surface area contributed by atoms with Gasteiger partial charge in [0.05, 0.1) is 0 Å². The molecule has 0 aliphatic carbocycles. The van der Waals surface area contributed by atoms with Gasteiger partial charge in [0, 0.05) is 11.6 Å². The van der Waals surface area contributed by atoms with Gasteiger partial charge in [0.2, 0.25) is 0 Å². The topological polar surface area (TPSA) is 15.3 Å². The molecule has 0 spiro atoms. The highest BCUT2D eigenvalue weighted by Crippen LogP contribution is 2.21. The Labute approximate surface area is 116 Å². The minimum atomic E-state index is -0.0856. The maximum absolute atomic E-state index is 13.9. The Hall–Kier alpha value is -0.930. The maximum Gasteiger partial charge on any atom is 0.127 e. The van der Waals surface area contributed by atoms with Gasteiger partial charge in [0.15, 0.2) is 0 Å². The molecule has 2 nitrogen and oxygen atoms in total. The first kappa shape index (κ1) is 14.5. The monoisotopic (exact) mass is 264 g/mol. The largest absolute Gasteiger partial charge is 0.310 e. The molecule has 19 heavy (non-hydrogen) atoms. The van der Waals surface area contributed by atoms with E-state index >= 15 is 0 Å². The highest BCUT2D eigenvalue weighted by molar-refractivity contribution is 5.21. The summed E-state index contributed by atoms with van der Waals surface area (Å²) in [5.41, 5.74) is 0.815. The Balaban J connectivity index is 1.96. The van der Waals surface area contributed by atoms with Crippen molar-refractivity contribution >= 4 is 0 Å². The normalized spacial score (nSPS) is 17.8. The van der Waals surface area contributed by atoms with Crippen LogP contribution in [0.15, 0.2) is 24.3 Å². The van der Waals surface area contributed by atoms with Crippen LogP contribution >= 0.6 is 0 Å². The third-order valence-corrected chi connectivity index (χ3v) is 3.85. The Morgan fingerprint density at radius 3 is 2.68 bits per heavy atom. The van der Waals surface area contributed by atoms with Gasteiger partial charge in [0.25, 0.3) is 0 Å². The van der Waals surface area contributed by atoms with Gasteiger partial charge in [-0.3, -0.25) is 0 Å². The van der Waals surface area contributed by atoms with E-state index in [0.29, 0.717) is 0 Å². The predicted octanol–water partition coefficient (Wildman–Crippen LogP) is 3.35. The van der Waals surface area contributed by atoms with Crippen molar-refractivity contribution in [3.63, 3.8) is 0 Å². The Bertz CT molecular complexity index is 375. The lowest BCUT2D eigenvalue weighted by molar-refractivity contribution is 0.308. The molecule has 1 unspecified atom stereocenters. The molecule has 1 fully saturated rings. The predicted molar refractivity (Wildman–Crippen MR) is 77.7 cm³/mol. The van der Waals surface area contributed by atoms with Crippen molar-refractivity contribution in [1.29, 1.82) is 0 Å². The molecular weight excluding hydrogens is 239 g/mol. The second-order valence-corrected chi connectivity index (χ2v) is 5.37. The van der Waals surface area contributed by atoms with E-state index in [4.69, 9.17) is 0 Å². The number of hydrogen-bond donors (Lipinski definition) is 1. The van der Waals surface area contributed by atoms with Crippen LogP contribution in [0.1, 0.15) is 44.2 Å². The van der Waals surface area contributed by atoms with E-state index < -0.39 is 0 Å². The zero-order valence-corrected chi connectivity index (χ0v) is 11.9. The quantitative estimate of drug-likeness (QED) is 0.812. The first-order chi connectivity index (χ1) is 9.31. The fraction of sp³-hybridized carbons (Fsp3) is 0.625. The number of likely N-dealkylation sites (tertiary alicyclic amines) is 1. The van der Waals surface area contributed by atoms with Gasteiger partial charge >= 0.3 is 0 Å². The Morgan fingerprint density at radius 2 is 2.00 bits per heavy atom. The molecule has 0 aromatic heterocycles. The molecule has 0 amide bonds. The van der Waals surface area contributed by atoms with Crippen LogP contribution in [-0.2, 0) is 0 Å². The van der Waals surface area contributed by atoms with Crippen LogP contribution < -0.4 is 5.32 Å². The first-order valence-electron chi connectivity index (χ1n) is 7.51. The molecule has 3 heteroatoms. The molecule has 1 saturated heterocycles. The van der Waals surface area contributed by atoms with Crippen LogP contribution in [0, 0.1) is 5.82 Å². The van der Waals surface area contributed by atoms with E-state index in [-0.39, 0.29) is 11.9 Å². The zero-order valence-electron chi connectivity index (χ0n) is 11.9. The summed E-state index contributed by atoms with van der Waals surface area (Å²) in [6.07, 6.45) is 4.69. The highest BCUT2D eigenvalue weighted by Gasteiger charge is 2.17. The smallest absolute Gasteiger partial charge is 0.127 e. The number of halogens is 1. The van der Waals surface area contributed by atoms with E-state index in [1.807, 2.05) is 12.1 Å². The third kappa shape index (κ3) is 4.29. The molecule has 1 N–H and O–H groups in total. The highest BCUT2D eigenvalue weighted by atomic mass is 19.1. The number of nitrogens with one attached hydrogen (secondary N) is 1. The lowest BCUT2D eigenvalue weighted by atomic mass is 10.0. The molecule has 106 valence electrons. The van der Waals surface area contributed by atoms with Gasteiger partial charge in [-0.15, -0.1) is 0 Å². The summed E-state index contributed by atoms with van der Waals surface area (Å²) < 4.78 is 13.9. The van der Waals surface area contributed by atoms with E-state index in [1.54, 1.807) is 12.1 Å². The maximum atomic E-state index is 13.9. The Morgan fingerprint density at radius 1 is 1.26 bits per heavy atom. The molecule has 1 atom stereocenters. The van der Waals surface area contributed by atoms with Crippen LogP contribution in [0.25, 0.3) is 0 Å². The van der Waals surface area contributed by atoms with Crippen LogP contribution in [0.3, 0.4) is 0 Å². The molecule has 1 aliphatic heterocycles. The third-order valence-electron chi connectivity index (χ3n) is 3.85. The second kappa shape index (κ2) is 7.61. The average molecular weight is 264 g/mol. The van der Waals surface area contributed by atoms with E-state index in [1.165, 1.54) is 25.9 Å². The number of benzene rings is 1. The fourth-order valence-corrected chi connectivity index (χ4v) is 2.76. The van der Waals surface area contributed by atoms with Crippen molar-refractivity contribution in [3.05, 3.63) is 35.6 Å². The molecule has 0 radical (unpaired) electrons. The zero-order chi connectivity index (χ0) is 13.5.